The number of nitrogens with one attached hydrogen (secondary N) is 1. The fraction of sp³-hybridized carbons (Fsp3) is 0.0625. The topological polar surface area (TPSA) is 78.9 Å². The number of H-pyrrole nitrogens is 1. The third-order valence-electron chi connectivity index (χ3n) is 3.17. The smallest absolute Gasteiger partial charge is 0.199 e. The predicted octanol–water partition coefficient (Wildman–Crippen LogP) is 3.38. The quantitative estimate of drug-likeness (QED) is 0.427. The number of aromatic amines is 1. The summed E-state index contributed by atoms with van der Waals surface area (Å²) in [5.74, 6) is -0.767. The minimum Gasteiger partial charge on any atom is -0.504 e. The van der Waals surface area contributed by atoms with Crippen molar-refractivity contribution in [1.29, 1.82) is 0 Å². The molecule has 0 unspecified atom stereocenters. The number of rotatable bonds is 5. The molecule has 0 fully saturated rings. The standard InChI is InChI=1S/C16H12FN3O2S/c17-12-4-2-1-3-11(12)5-10-6-15(23-8-10)13(21)7-14(22)16-18-9-19-20-16/h1-4,6-9,22H,5H2,(H,18,19,20). The van der Waals surface area contributed by atoms with E-state index in [0.29, 0.717) is 16.9 Å². The van der Waals surface area contributed by atoms with E-state index in [-0.39, 0.29) is 23.2 Å². The van der Waals surface area contributed by atoms with Crippen molar-refractivity contribution in [1.82, 2.24) is 15.2 Å². The Balaban J connectivity index is 1.75. The second-order valence-corrected chi connectivity index (χ2v) is 5.73. The van der Waals surface area contributed by atoms with Crippen LogP contribution in [-0.4, -0.2) is 26.1 Å². The molecule has 2 N–H and O–H groups in total. The summed E-state index contributed by atoms with van der Waals surface area (Å²) in [5, 5.41) is 17.7. The highest BCUT2D eigenvalue weighted by atomic mass is 32.1. The predicted molar refractivity (Wildman–Crippen MR) is 84.8 cm³/mol. The van der Waals surface area contributed by atoms with Gasteiger partial charge in [-0.3, -0.25) is 9.89 Å². The van der Waals surface area contributed by atoms with Gasteiger partial charge in [0.25, 0.3) is 0 Å². The van der Waals surface area contributed by atoms with Crippen LogP contribution >= 0.6 is 11.3 Å². The monoisotopic (exact) mass is 329 g/mol. The van der Waals surface area contributed by atoms with Gasteiger partial charge in [-0.2, -0.15) is 5.10 Å². The highest BCUT2D eigenvalue weighted by Crippen LogP contribution is 2.21. The van der Waals surface area contributed by atoms with Crippen LogP contribution in [0.5, 0.6) is 0 Å². The van der Waals surface area contributed by atoms with Gasteiger partial charge in [0.05, 0.1) is 4.88 Å². The Morgan fingerprint density at radius 3 is 2.96 bits per heavy atom. The highest BCUT2D eigenvalue weighted by molar-refractivity contribution is 7.12. The number of hydrogen-bond donors (Lipinski definition) is 2. The van der Waals surface area contributed by atoms with Gasteiger partial charge in [0.1, 0.15) is 12.1 Å². The van der Waals surface area contributed by atoms with Crippen LogP contribution < -0.4 is 0 Å². The van der Waals surface area contributed by atoms with Crippen molar-refractivity contribution in [3.8, 4) is 0 Å². The first-order valence-corrected chi connectivity index (χ1v) is 7.63. The van der Waals surface area contributed by atoms with Crippen molar-refractivity contribution in [3.05, 3.63) is 75.8 Å². The van der Waals surface area contributed by atoms with Crippen molar-refractivity contribution in [2.24, 2.45) is 0 Å². The molecule has 0 atom stereocenters. The SMILES string of the molecule is O=C(C=C(O)c1ncn[nH]1)c1cc(Cc2ccccc2F)cs1. The van der Waals surface area contributed by atoms with Gasteiger partial charge in [-0.15, -0.1) is 11.3 Å². The fourth-order valence-corrected chi connectivity index (χ4v) is 2.88. The van der Waals surface area contributed by atoms with Crippen LogP contribution in [-0.2, 0) is 6.42 Å². The lowest BCUT2D eigenvalue weighted by molar-refractivity contribution is 0.104. The van der Waals surface area contributed by atoms with Gasteiger partial charge in [-0.05, 0) is 28.6 Å². The molecule has 3 rings (SSSR count). The lowest BCUT2D eigenvalue weighted by Crippen LogP contribution is -1.95. The third kappa shape index (κ3) is 3.51. The maximum absolute atomic E-state index is 13.6. The number of carbonyl (C=O) groups is 1. The molecule has 0 spiro atoms. The molecule has 0 aliphatic heterocycles. The Morgan fingerprint density at radius 1 is 1.39 bits per heavy atom. The van der Waals surface area contributed by atoms with Crippen molar-refractivity contribution in [3.63, 3.8) is 0 Å². The average molecular weight is 329 g/mol. The van der Waals surface area contributed by atoms with E-state index in [0.717, 1.165) is 11.6 Å². The van der Waals surface area contributed by atoms with E-state index in [4.69, 9.17) is 0 Å². The number of thiophene rings is 1. The average Bonchev–Trinajstić information content (AvgIpc) is 3.21. The zero-order chi connectivity index (χ0) is 16.2. The number of aliphatic hydroxyl groups is 1. The maximum Gasteiger partial charge on any atom is 0.199 e. The molecule has 0 aliphatic carbocycles. The Kier molecular flexibility index (Phi) is 4.29. The van der Waals surface area contributed by atoms with Gasteiger partial charge in [-0.1, -0.05) is 18.2 Å². The molecule has 3 aromatic rings. The number of hydrogen-bond acceptors (Lipinski definition) is 5. The van der Waals surface area contributed by atoms with Gasteiger partial charge in [-0.25, -0.2) is 9.37 Å². The Morgan fingerprint density at radius 2 is 2.22 bits per heavy atom. The molecule has 116 valence electrons. The van der Waals surface area contributed by atoms with Crippen molar-refractivity contribution >= 4 is 22.9 Å². The second-order valence-electron chi connectivity index (χ2n) is 4.82. The molecule has 0 amide bonds. The number of ketones is 1. The van der Waals surface area contributed by atoms with Crippen LogP contribution in [0.4, 0.5) is 4.39 Å². The Labute approximate surface area is 135 Å². The Hall–Kier alpha value is -2.80. The van der Waals surface area contributed by atoms with Crippen LogP contribution in [0.2, 0.25) is 0 Å². The fourth-order valence-electron chi connectivity index (χ4n) is 2.05. The summed E-state index contributed by atoms with van der Waals surface area (Å²) in [6, 6.07) is 8.23. The van der Waals surface area contributed by atoms with Crippen LogP contribution in [0, 0.1) is 5.82 Å². The first kappa shape index (κ1) is 15.1. The lowest BCUT2D eigenvalue weighted by atomic mass is 10.1. The number of aliphatic hydroxyl groups excluding tert-OH is 1. The number of aromatic nitrogens is 3. The summed E-state index contributed by atoms with van der Waals surface area (Å²) in [5.41, 5.74) is 1.42. The number of allylic oxidation sites excluding steroid dienone is 1. The Bertz CT molecular complexity index is 856. The van der Waals surface area contributed by atoms with Gasteiger partial charge in [0.2, 0.25) is 0 Å². The van der Waals surface area contributed by atoms with Gasteiger partial charge in [0, 0.05) is 12.5 Å². The van der Waals surface area contributed by atoms with Crippen LogP contribution in [0.3, 0.4) is 0 Å². The number of halogens is 1. The first-order chi connectivity index (χ1) is 11.1. The van der Waals surface area contributed by atoms with E-state index in [2.05, 4.69) is 15.2 Å². The molecule has 2 aromatic heterocycles. The van der Waals surface area contributed by atoms with Crippen LogP contribution in [0.25, 0.3) is 5.76 Å². The molecular formula is C16H12FN3O2S. The highest BCUT2D eigenvalue weighted by Gasteiger charge is 2.11. The minimum atomic E-state index is -0.344. The van der Waals surface area contributed by atoms with E-state index in [1.54, 1.807) is 29.6 Å². The van der Waals surface area contributed by atoms with E-state index in [1.807, 2.05) is 0 Å². The maximum atomic E-state index is 13.6. The van der Waals surface area contributed by atoms with Crippen molar-refractivity contribution in [2.75, 3.05) is 0 Å². The molecule has 0 bridgehead atoms. The zero-order valence-electron chi connectivity index (χ0n) is 11.9. The summed E-state index contributed by atoms with van der Waals surface area (Å²) >= 11 is 1.25. The van der Waals surface area contributed by atoms with Crippen molar-refractivity contribution in [2.45, 2.75) is 6.42 Å². The van der Waals surface area contributed by atoms with E-state index >= 15 is 0 Å². The van der Waals surface area contributed by atoms with Gasteiger partial charge in [0.15, 0.2) is 17.4 Å². The molecule has 0 saturated carbocycles. The normalized spacial score (nSPS) is 11.6. The first-order valence-electron chi connectivity index (χ1n) is 6.75. The molecule has 5 nitrogen and oxygen atoms in total. The molecule has 1 aromatic carbocycles. The van der Waals surface area contributed by atoms with Crippen LogP contribution in [0.15, 0.2) is 48.1 Å². The number of carbonyl (C=O) groups excluding carboxylic acids is 1. The molecule has 0 radical (unpaired) electrons. The zero-order valence-corrected chi connectivity index (χ0v) is 12.7. The van der Waals surface area contributed by atoms with Gasteiger partial charge < -0.3 is 5.11 Å². The molecule has 23 heavy (non-hydrogen) atoms. The largest absolute Gasteiger partial charge is 0.504 e. The molecule has 0 saturated heterocycles. The molecular weight excluding hydrogens is 317 g/mol. The molecule has 0 aliphatic rings. The molecule has 2 heterocycles. The van der Waals surface area contributed by atoms with E-state index < -0.39 is 0 Å². The molecule has 7 heteroatoms. The third-order valence-corrected chi connectivity index (χ3v) is 4.17. The van der Waals surface area contributed by atoms with E-state index in [1.165, 1.54) is 23.7 Å². The van der Waals surface area contributed by atoms with Gasteiger partial charge >= 0.3 is 0 Å². The summed E-state index contributed by atoms with van der Waals surface area (Å²) in [6.07, 6.45) is 2.73. The van der Waals surface area contributed by atoms with E-state index in [9.17, 15) is 14.3 Å². The summed E-state index contributed by atoms with van der Waals surface area (Å²) in [4.78, 5) is 16.3. The summed E-state index contributed by atoms with van der Waals surface area (Å²) < 4.78 is 13.6. The van der Waals surface area contributed by atoms with Crippen molar-refractivity contribution < 1.29 is 14.3 Å². The minimum absolute atomic E-state index is 0.126. The van der Waals surface area contributed by atoms with Crippen LogP contribution in [0.1, 0.15) is 26.6 Å². The number of benzene rings is 1. The lowest BCUT2D eigenvalue weighted by Gasteiger charge is -2.00. The summed E-state index contributed by atoms with van der Waals surface area (Å²) in [6.45, 7) is 0. The number of nitrogens with zero attached hydrogens (tertiary/aromatic N) is 2. The second kappa shape index (κ2) is 6.53. The summed E-state index contributed by atoms with van der Waals surface area (Å²) in [7, 11) is 0.